The standard InChI is InChI=1S/C18H20O5/c1-21-13-7-5-11(6-8-13)14-10-12-4-3-9-23-17(12)16(19)15(14)18(20)22-2/h5-8,14-15H,3-4,9-10H2,1-2H3. The Morgan fingerprint density at radius 2 is 1.96 bits per heavy atom. The number of allylic oxidation sites excluding steroid dienone is 2. The molecule has 0 spiro atoms. The van der Waals surface area contributed by atoms with E-state index in [4.69, 9.17) is 14.2 Å². The summed E-state index contributed by atoms with van der Waals surface area (Å²) in [4.78, 5) is 25.0. The van der Waals surface area contributed by atoms with Gasteiger partial charge in [0.15, 0.2) is 5.76 Å². The van der Waals surface area contributed by atoms with Crippen molar-refractivity contribution in [1.29, 1.82) is 0 Å². The SMILES string of the molecule is COC(=O)C1C(=O)C2=C(CCCO2)CC1c1ccc(OC)cc1. The quantitative estimate of drug-likeness (QED) is 0.633. The first-order valence-corrected chi connectivity index (χ1v) is 7.76. The molecule has 0 N–H and O–H groups in total. The number of benzene rings is 1. The highest BCUT2D eigenvalue weighted by Gasteiger charge is 2.44. The predicted molar refractivity (Wildman–Crippen MR) is 83.1 cm³/mol. The van der Waals surface area contributed by atoms with Gasteiger partial charge in [0, 0.05) is 5.92 Å². The first-order valence-electron chi connectivity index (χ1n) is 7.76. The molecule has 0 amide bonds. The zero-order valence-electron chi connectivity index (χ0n) is 13.3. The molecule has 122 valence electrons. The highest BCUT2D eigenvalue weighted by atomic mass is 16.5. The van der Waals surface area contributed by atoms with Crippen LogP contribution in [0.1, 0.15) is 30.7 Å². The van der Waals surface area contributed by atoms with Crippen LogP contribution in [0.4, 0.5) is 0 Å². The van der Waals surface area contributed by atoms with E-state index in [1.54, 1.807) is 7.11 Å². The lowest BCUT2D eigenvalue weighted by atomic mass is 9.73. The molecular formula is C18H20O5. The molecule has 1 aromatic rings. The van der Waals surface area contributed by atoms with E-state index in [0.29, 0.717) is 18.8 Å². The maximum absolute atomic E-state index is 12.8. The molecule has 0 saturated heterocycles. The number of ketones is 1. The lowest BCUT2D eigenvalue weighted by molar-refractivity contribution is -0.151. The topological polar surface area (TPSA) is 61.8 Å². The lowest BCUT2D eigenvalue weighted by Gasteiger charge is -2.34. The normalized spacial score (nSPS) is 23.8. The largest absolute Gasteiger partial charge is 0.497 e. The number of ether oxygens (including phenoxy) is 3. The van der Waals surface area contributed by atoms with Crippen molar-refractivity contribution in [1.82, 2.24) is 0 Å². The summed E-state index contributed by atoms with van der Waals surface area (Å²) in [5.41, 5.74) is 1.95. The van der Waals surface area contributed by atoms with E-state index < -0.39 is 11.9 Å². The van der Waals surface area contributed by atoms with Gasteiger partial charge in [-0.15, -0.1) is 0 Å². The molecule has 0 aromatic heterocycles. The molecule has 1 aliphatic carbocycles. The predicted octanol–water partition coefficient (Wildman–Crippen LogP) is 2.61. The Morgan fingerprint density at radius 3 is 2.61 bits per heavy atom. The molecule has 0 saturated carbocycles. The van der Waals surface area contributed by atoms with Gasteiger partial charge < -0.3 is 14.2 Å². The van der Waals surface area contributed by atoms with Gasteiger partial charge in [0.25, 0.3) is 0 Å². The van der Waals surface area contributed by atoms with Crippen molar-refractivity contribution >= 4 is 11.8 Å². The molecule has 0 bridgehead atoms. The van der Waals surface area contributed by atoms with Crippen LogP contribution < -0.4 is 4.74 Å². The van der Waals surface area contributed by atoms with Crippen molar-refractivity contribution in [3.05, 3.63) is 41.2 Å². The Hall–Kier alpha value is -2.30. The second-order valence-electron chi connectivity index (χ2n) is 5.83. The second kappa shape index (κ2) is 6.44. The number of esters is 1. The Morgan fingerprint density at radius 1 is 1.22 bits per heavy atom. The van der Waals surface area contributed by atoms with Crippen molar-refractivity contribution in [3.63, 3.8) is 0 Å². The lowest BCUT2D eigenvalue weighted by Crippen LogP contribution is -2.38. The third kappa shape index (κ3) is 2.83. The molecule has 2 aliphatic rings. The van der Waals surface area contributed by atoms with E-state index in [1.165, 1.54) is 7.11 Å². The summed E-state index contributed by atoms with van der Waals surface area (Å²) in [6.45, 7) is 0.533. The van der Waals surface area contributed by atoms with E-state index in [1.807, 2.05) is 24.3 Å². The number of rotatable bonds is 3. The summed E-state index contributed by atoms with van der Waals surface area (Å²) in [5.74, 6) is -0.690. The summed E-state index contributed by atoms with van der Waals surface area (Å²) in [6.07, 6.45) is 2.40. The molecule has 5 heteroatoms. The molecule has 2 unspecified atom stereocenters. The Labute approximate surface area is 135 Å². The average Bonchev–Trinajstić information content (AvgIpc) is 2.61. The molecule has 23 heavy (non-hydrogen) atoms. The van der Waals surface area contributed by atoms with Crippen LogP contribution in [-0.4, -0.2) is 32.6 Å². The number of carbonyl (C=O) groups excluding carboxylic acids is 2. The molecule has 0 fully saturated rings. The fraction of sp³-hybridized carbons (Fsp3) is 0.444. The fourth-order valence-corrected chi connectivity index (χ4v) is 3.38. The summed E-state index contributed by atoms with van der Waals surface area (Å²) < 4.78 is 15.6. The maximum Gasteiger partial charge on any atom is 0.317 e. The van der Waals surface area contributed by atoms with Gasteiger partial charge >= 0.3 is 5.97 Å². The fourth-order valence-electron chi connectivity index (χ4n) is 3.38. The number of methoxy groups -OCH3 is 2. The number of hydrogen-bond donors (Lipinski definition) is 0. The maximum atomic E-state index is 12.8. The van der Waals surface area contributed by atoms with Crippen LogP contribution in [0, 0.1) is 5.92 Å². The molecule has 3 rings (SSSR count). The minimum absolute atomic E-state index is 0.221. The average molecular weight is 316 g/mol. The summed E-state index contributed by atoms with van der Waals surface area (Å²) >= 11 is 0. The third-order valence-corrected chi connectivity index (χ3v) is 4.56. The molecule has 1 heterocycles. The number of hydrogen-bond acceptors (Lipinski definition) is 5. The number of Topliss-reactive ketones (excluding diaryl/α,β-unsaturated/α-hetero) is 1. The van der Waals surface area contributed by atoms with Crippen molar-refractivity contribution in [2.75, 3.05) is 20.8 Å². The molecular weight excluding hydrogens is 296 g/mol. The highest BCUT2D eigenvalue weighted by Crippen LogP contribution is 2.42. The minimum Gasteiger partial charge on any atom is -0.497 e. The van der Waals surface area contributed by atoms with Crippen molar-refractivity contribution in [2.24, 2.45) is 5.92 Å². The first kappa shape index (κ1) is 15.6. The third-order valence-electron chi connectivity index (χ3n) is 4.56. The van der Waals surface area contributed by atoms with Crippen LogP contribution >= 0.6 is 0 Å². The second-order valence-corrected chi connectivity index (χ2v) is 5.83. The summed E-state index contributed by atoms with van der Waals surface area (Å²) in [6, 6.07) is 7.49. The van der Waals surface area contributed by atoms with E-state index in [0.717, 1.165) is 29.7 Å². The summed E-state index contributed by atoms with van der Waals surface area (Å²) in [5, 5.41) is 0. The van der Waals surface area contributed by atoms with Gasteiger partial charge in [-0.05, 0) is 42.5 Å². The Balaban J connectivity index is 1.99. The van der Waals surface area contributed by atoms with Crippen molar-refractivity contribution in [3.8, 4) is 5.75 Å². The molecule has 2 atom stereocenters. The zero-order valence-corrected chi connectivity index (χ0v) is 13.3. The van der Waals surface area contributed by atoms with Gasteiger partial charge in [0.05, 0.1) is 20.8 Å². The first-order chi connectivity index (χ1) is 11.2. The van der Waals surface area contributed by atoms with E-state index in [9.17, 15) is 9.59 Å². The minimum atomic E-state index is -0.842. The number of carbonyl (C=O) groups is 2. The summed E-state index contributed by atoms with van der Waals surface area (Å²) in [7, 11) is 2.92. The molecule has 0 radical (unpaired) electrons. The molecule has 5 nitrogen and oxygen atoms in total. The Bertz CT molecular complexity index is 644. The van der Waals surface area contributed by atoms with Gasteiger partial charge in [0.1, 0.15) is 11.7 Å². The van der Waals surface area contributed by atoms with Crippen LogP contribution in [0.2, 0.25) is 0 Å². The highest BCUT2D eigenvalue weighted by molar-refractivity contribution is 6.09. The van der Waals surface area contributed by atoms with Gasteiger partial charge in [-0.1, -0.05) is 12.1 Å². The van der Waals surface area contributed by atoms with Gasteiger partial charge in [-0.3, -0.25) is 9.59 Å². The van der Waals surface area contributed by atoms with E-state index >= 15 is 0 Å². The van der Waals surface area contributed by atoms with E-state index in [2.05, 4.69) is 0 Å². The van der Waals surface area contributed by atoms with Gasteiger partial charge in [-0.2, -0.15) is 0 Å². The molecule has 1 aromatic carbocycles. The molecule has 1 aliphatic heterocycles. The van der Waals surface area contributed by atoms with Crippen molar-refractivity contribution < 1.29 is 23.8 Å². The van der Waals surface area contributed by atoms with Crippen LogP contribution in [0.5, 0.6) is 5.75 Å². The van der Waals surface area contributed by atoms with Crippen LogP contribution in [-0.2, 0) is 19.1 Å². The van der Waals surface area contributed by atoms with Gasteiger partial charge in [0.2, 0.25) is 5.78 Å². The monoisotopic (exact) mass is 316 g/mol. The van der Waals surface area contributed by atoms with E-state index in [-0.39, 0.29) is 11.7 Å². The Kier molecular flexibility index (Phi) is 4.37. The van der Waals surface area contributed by atoms with Crippen LogP contribution in [0.25, 0.3) is 0 Å². The van der Waals surface area contributed by atoms with Crippen LogP contribution in [0.15, 0.2) is 35.6 Å². The van der Waals surface area contributed by atoms with Crippen molar-refractivity contribution in [2.45, 2.75) is 25.2 Å². The van der Waals surface area contributed by atoms with Gasteiger partial charge in [-0.25, -0.2) is 0 Å². The van der Waals surface area contributed by atoms with Crippen LogP contribution in [0.3, 0.4) is 0 Å². The zero-order chi connectivity index (χ0) is 16.4. The smallest absolute Gasteiger partial charge is 0.317 e.